The minimum atomic E-state index is 0.0262. The van der Waals surface area contributed by atoms with Crippen LogP contribution in [-0.2, 0) is 11.3 Å². The first-order valence-electron chi connectivity index (χ1n) is 10.9. The molecule has 0 saturated heterocycles. The number of aliphatic imine (C=N–C) groups is 1. The highest BCUT2D eigenvalue weighted by atomic mass is 16.5. The van der Waals surface area contributed by atoms with Crippen LogP contribution in [0.4, 0.5) is 5.69 Å². The van der Waals surface area contributed by atoms with E-state index in [1.807, 2.05) is 36.4 Å². The molecule has 31 heavy (non-hydrogen) atoms. The molecule has 0 aliphatic carbocycles. The van der Waals surface area contributed by atoms with Gasteiger partial charge in [0.15, 0.2) is 5.76 Å². The number of benzene rings is 2. The first kappa shape index (κ1) is 22.9. The molecule has 0 saturated carbocycles. The van der Waals surface area contributed by atoms with E-state index in [0.29, 0.717) is 17.6 Å². The van der Waals surface area contributed by atoms with Gasteiger partial charge in [-0.1, -0.05) is 44.2 Å². The first-order valence-corrected chi connectivity index (χ1v) is 10.9. The molecule has 0 aliphatic rings. The van der Waals surface area contributed by atoms with Crippen LogP contribution in [0.15, 0.2) is 58.1 Å². The number of nitrogens with zero attached hydrogens (tertiary/aromatic N) is 2. The number of aryl methyl sites for hydroxylation is 1. The predicted molar refractivity (Wildman–Crippen MR) is 126 cm³/mol. The van der Waals surface area contributed by atoms with Crippen LogP contribution in [0.1, 0.15) is 44.7 Å². The molecule has 1 aromatic heterocycles. The number of hydrogen-bond donors (Lipinski definition) is 1. The van der Waals surface area contributed by atoms with Crippen LogP contribution in [0.25, 0.3) is 22.8 Å². The summed E-state index contributed by atoms with van der Waals surface area (Å²) < 4.78 is 11.6. The standard InChI is InChI=1S/C26H32N2O3/c1-5-13-30-14-12-18(2)20(4)28-24-15-23(9-6-19(24)3)26-27-16-25(31-26)22-10-7-21(17-29)8-11-22/h6-11,15-16,18,29H,5,12-14,17H2,1-4H3. The third-order valence-corrected chi connectivity index (χ3v) is 5.44. The summed E-state index contributed by atoms with van der Waals surface area (Å²) in [6, 6.07) is 13.7. The molecule has 3 aromatic rings. The molecule has 0 radical (unpaired) electrons. The molecule has 0 amide bonds. The van der Waals surface area contributed by atoms with Gasteiger partial charge in [-0.25, -0.2) is 4.98 Å². The average molecular weight is 421 g/mol. The minimum absolute atomic E-state index is 0.0262. The Balaban J connectivity index is 1.77. The molecular weight excluding hydrogens is 388 g/mol. The van der Waals surface area contributed by atoms with Crippen molar-refractivity contribution in [3.8, 4) is 22.8 Å². The van der Waals surface area contributed by atoms with Gasteiger partial charge >= 0.3 is 0 Å². The van der Waals surface area contributed by atoms with Gasteiger partial charge in [-0.3, -0.25) is 4.99 Å². The molecule has 0 bridgehead atoms. The molecule has 0 fully saturated rings. The molecule has 2 aromatic carbocycles. The first-order chi connectivity index (χ1) is 15.0. The fraction of sp³-hybridized carbons (Fsp3) is 0.385. The number of aromatic nitrogens is 1. The van der Waals surface area contributed by atoms with Crippen molar-refractivity contribution in [2.24, 2.45) is 10.9 Å². The fourth-order valence-electron chi connectivity index (χ4n) is 3.19. The smallest absolute Gasteiger partial charge is 0.226 e. The van der Waals surface area contributed by atoms with Crippen molar-refractivity contribution in [3.63, 3.8) is 0 Å². The van der Waals surface area contributed by atoms with Gasteiger partial charge in [0.25, 0.3) is 0 Å². The van der Waals surface area contributed by atoms with Crippen LogP contribution >= 0.6 is 0 Å². The number of hydrogen-bond acceptors (Lipinski definition) is 5. The van der Waals surface area contributed by atoms with E-state index in [9.17, 15) is 5.11 Å². The summed E-state index contributed by atoms with van der Waals surface area (Å²) in [5, 5.41) is 9.21. The molecular formula is C26H32N2O3. The third-order valence-electron chi connectivity index (χ3n) is 5.44. The molecule has 3 rings (SSSR count). The summed E-state index contributed by atoms with van der Waals surface area (Å²) in [7, 11) is 0. The summed E-state index contributed by atoms with van der Waals surface area (Å²) in [6.07, 6.45) is 3.74. The van der Waals surface area contributed by atoms with Crippen molar-refractivity contribution in [2.45, 2.75) is 47.1 Å². The van der Waals surface area contributed by atoms with Gasteiger partial charge in [0.2, 0.25) is 5.89 Å². The van der Waals surface area contributed by atoms with Crippen LogP contribution in [0.2, 0.25) is 0 Å². The Bertz CT molecular complexity index is 1010. The maximum atomic E-state index is 9.21. The number of ether oxygens (including phenoxy) is 1. The van der Waals surface area contributed by atoms with Crippen LogP contribution in [-0.4, -0.2) is 29.0 Å². The van der Waals surface area contributed by atoms with E-state index >= 15 is 0 Å². The summed E-state index contributed by atoms with van der Waals surface area (Å²) in [5.74, 6) is 1.62. The quantitative estimate of drug-likeness (QED) is 0.306. The molecule has 1 unspecified atom stereocenters. The maximum absolute atomic E-state index is 9.21. The Morgan fingerprint density at radius 2 is 1.87 bits per heavy atom. The average Bonchev–Trinajstić information content (AvgIpc) is 3.28. The Kier molecular flexibility index (Phi) is 8.15. The van der Waals surface area contributed by atoms with Crippen molar-refractivity contribution < 1.29 is 14.3 Å². The van der Waals surface area contributed by atoms with Crippen molar-refractivity contribution in [1.29, 1.82) is 0 Å². The number of aliphatic hydroxyl groups is 1. The number of oxazole rings is 1. The van der Waals surface area contributed by atoms with Crippen molar-refractivity contribution in [3.05, 3.63) is 59.8 Å². The zero-order valence-corrected chi connectivity index (χ0v) is 18.9. The molecule has 1 heterocycles. The SMILES string of the molecule is CCCOCCC(C)C(C)=Nc1cc(-c2ncc(-c3ccc(CO)cc3)o2)ccc1C. The molecule has 5 heteroatoms. The van der Waals surface area contributed by atoms with Gasteiger partial charge in [-0.15, -0.1) is 0 Å². The summed E-state index contributed by atoms with van der Waals surface area (Å²) in [5.41, 5.74) is 5.83. The number of rotatable bonds is 10. The second kappa shape index (κ2) is 11.0. The second-order valence-corrected chi connectivity index (χ2v) is 7.94. The van der Waals surface area contributed by atoms with Crippen LogP contribution in [0.5, 0.6) is 0 Å². The minimum Gasteiger partial charge on any atom is -0.436 e. The highest BCUT2D eigenvalue weighted by Gasteiger charge is 2.12. The number of aliphatic hydroxyl groups excluding tert-OH is 1. The zero-order chi connectivity index (χ0) is 22.2. The molecule has 0 spiro atoms. The third kappa shape index (κ3) is 6.12. The van der Waals surface area contributed by atoms with E-state index in [0.717, 1.165) is 59.7 Å². The van der Waals surface area contributed by atoms with E-state index in [2.05, 4.69) is 38.7 Å². The lowest BCUT2D eigenvalue weighted by molar-refractivity contribution is 0.128. The van der Waals surface area contributed by atoms with Crippen LogP contribution in [0, 0.1) is 12.8 Å². The predicted octanol–water partition coefficient (Wildman–Crippen LogP) is 6.35. The van der Waals surface area contributed by atoms with Gasteiger partial charge in [0.05, 0.1) is 18.5 Å². The Labute approximate surface area is 184 Å². The monoisotopic (exact) mass is 420 g/mol. The lowest BCUT2D eigenvalue weighted by atomic mass is 10.0. The van der Waals surface area contributed by atoms with Crippen molar-refractivity contribution >= 4 is 11.4 Å². The molecule has 5 nitrogen and oxygen atoms in total. The molecule has 0 aliphatic heterocycles. The van der Waals surface area contributed by atoms with E-state index in [1.54, 1.807) is 6.20 Å². The molecule has 164 valence electrons. The van der Waals surface area contributed by atoms with Crippen molar-refractivity contribution in [1.82, 2.24) is 4.98 Å². The van der Waals surface area contributed by atoms with Gasteiger partial charge in [0, 0.05) is 30.1 Å². The summed E-state index contributed by atoms with van der Waals surface area (Å²) in [6.45, 7) is 10.1. The van der Waals surface area contributed by atoms with Gasteiger partial charge in [0.1, 0.15) is 0 Å². The van der Waals surface area contributed by atoms with Gasteiger partial charge in [-0.05, 0) is 55.9 Å². The highest BCUT2D eigenvalue weighted by molar-refractivity contribution is 5.87. The lowest BCUT2D eigenvalue weighted by Gasteiger charge is -2.12. The molecule has 1 atom stereocenters. The second-order valence-electron chi connectivity index (χ2n) is 7.94. The van der Waals surface area contributed by atoms with E-state index in [4.69, 9.17) is 14.1 Å². The normalized spacial score (nSPS) is 12.9. The highest BCUT2D eigenvalue weighted by Crippen LogP contribution is 2.30. The Morgan fingerprint density at radius 3 is 2.58 bits per heavy atom. The fourth-order valence-corrected chi connectivity index (χ4v) is 3.19. The zero-order valence-electron chi connectivity index (χ0n) is 18.9. The summed E-state index contributed by atoms with van der Waals surface area (Å²) in [4.78, 5) is 9.36. The van der Waals surface area contributed by atoms with Crippen molar-refractivity contribution in [2.75, 3.05) is 13.2 Å². The van der Waals surface area contributed by atoms with Crippen LogP contribution < -0.4 is 0 Å². The van der Waals surface area contributed by atoms with E-state index < -0.39 is 0 Å². The Morgan fingerprint density at radius 1 is 1.13 bits per heavy atom. The maximum Gasteiger partial charge on any atom is 0.226 e. The summed E-state index contributed by atoms with van der Waals surface area (Å²) >= 11 is 0. The molecule has 1 N–H and O–H groups in total. The lowest BCUT2D eigenvalue weighted by Crippen LogP contribution is -2.10. The largest absolute Gasteiger partial charge is 0.436 e. The van der Waals surface area contributed by atoms with E-state index in [1.165, 1.54) is 0 Å². The topological polar surface area (TPSA) is 67.9 Å². The van der Waals surface area contributed by atoms with Gasteiger partial charge < -0.3 is 14.3 Å². The Hall–Kier alpha value is -2.76. The van der Waals surface area contributed by atoms with Gasteiger partial charge in [-0.2, -0.15) is 0 Å². The van der Waals surface area contributed by atoms with E-state index in [-0.39, 0.29) is 6.61 Å². The van der Waals surface area contributed by atoms with Crippen LogP contribution in [0.3, 0.4) is 0 Å².